The van der Waals surface area contributed by atoms with Crippen molar-refractivity contribution in [1.82, 2.24) is 10.2 Å². The van der Waals surface area contributed by atoms with Gasteiger partial charge in [0.1, 0.15) is 12.6 Å². The van der Waals surface area contributed by atoms with Gasteiger partial charge in [0.05, 0.1) is 0 Å². The quantitative estimate of drug-likeness (QED) is 0.668. The van der Waals surface area contributed by atoms with E-state index in [0.717, 1.165) is 0 Å². The normalized spacial score (nSPS) is 13.0. The summed E-state index contributed by atoms with van der Waals surface area (Å²) < 4.78 is 0. The Balaban J connectivity index is 5.62. The average Bonchev–Trinajstić information content (AvgIpc) is 2.43. The number of rotatable bonds is 8. The van der Waals surface area contributed by atoms with Crippen LogP contribution < -0.4 is 5.32 Å². The molecule has 0 aliphatic rings. The standard InChI is InChI=1S/C16H24N2O4/c1-6-8-9-13(7-2)18(12(5)19)15(11(3)4)16(22)17-10-14(20)21/h6-9,11,15H,2,10H2,1,3-5H3,(H,17,22)(H,20,21)/b8-6-,13-9+. The van der Waals surface area contributed by atoms with Gasteiger partial charge in [-0.3, -0.25) is 19.3 Å². The molecule has 0 bridgehead atoms. The van der Waals surface area contributed by atoms with Crippen molar-refractivity contribution >= 4 is 17.8 Å². The molecule has 6 heteroatoms. The number of hydrogen-bond donors (Lipinski definition) is 2. The van der Waals surface area contributed by atoms with Crippen LogP contribution in [0.2, 0.25) is 0 Å². The minimum atomic E-state index is -1.14. The van der Waals surface area contributed by atoms with E-state index in [9.17, 15) is 14.4 Å². The van der Waals surface area contributed by atoms with Gasteiger partial charge in [-0.1, -0.05) is 32.6 Å². The fourth-order valence-electron chi connectivity index (χ4n) is 1.97. The third-order valence-electron chi connectivity index (χ3n) is 2.88. The van der Waals surface area contributed by atoms with Gasteiger partial charge >= 0.3 is 5.97 Å². The van der Waals surface area contributed by atoms with E-state index in [-0.39, 0.29) is 11.8 Å². The number of allylic oxidation sites excluding steroid dienone is 4. The zero-order chi connectivity index (χ0) is 17.3. The van der Waals surface area contributed by atoms with E-state index in [1.165, 1.54) is 17.9 Å². The summed E-state index contributed by atoms with van der Waals surface area (Å²) >= 11 is 0. The number of hydrogen-bond acceptors (Lipinski definition) is 3. The Bertz CT molecular complexity index is 492. The molecule has 0 saturated heterocycles. The molecule has 1 atom stereocenters. The van der Waals surface area contributed by atoms with Crippen molar-refractivity contribution in [2.24, 2.45) is 5.92 Å². The summed E-state index contributed by atoms with van der Waals surface area (Å²) in [4.78, 5) is 36.2. The largest absolute Gasteiger partial charge is 0.480 e. The maximum Gasteiger partial charge on any atom is 0.322 e. The molecule has 0 heterocycles. The lowest BCUT2D eigenvalue weighted by atomic mass is 10.00. The highest BCUT2D eigenvalue weighted by molar-refractivity contribution is 5.90. The fourth-order valence-corrected chi connectivity index (χ4v) is 1.97. The summed E-state index contributed by atoms with van der Waals surface area (Å²) in [5, 5.41) is 11.0. The highest BCUT2D eigenvalue weighted by Crippen LogP contribution is 2.18. The lowest BCUT2D eigenvalue weighted by molar-refractivity contribution is -0.141. The van der Waals surface area contributed by atoms with E-state index in [2.05, 4.69) is 11.9 Å². The number of carbonyl (C=O) groups is 3. The average molecular weight is 308 g/mol. The van der Waals surface area contributed by atoms with Gasteiger partial charge in [0.15, 0.2) is 0 Å². The SMILES string of the molecule is C=C/C(=C\C=C/C)N(C(C)=O)C(C(=O)NCC(=O)O)C(C)C. The van der Waals surface area contributed by atoms with Crippen LogP contribution >= 0.6 is 0 Å². The molecular weight excluding hydrogens is 284 g/mol. The van der Waals surface area contributed by atoms with Gasteiger partial charge in [0.2, 0.25) is 11.8 Å². The fraction of sp³-hybridized carbons (Fsp3) is 0.438. The van der Waals surface area contributed by atoms with Crippen LogP contribution in [0.1, 0.15) is 27.7 Å². The summed E-state index contributed by atoms with van der Waals surface area (Å²) in [6.07, 6.45) is 6.69. The maximum absolute atomic E-state index is 12.3. The first kappa shape index (κ1) is 19.6. The van der Waals surface area contributed by atoms with Gasteiger partial charge in [0.25, 0.3) is 0 Å². The van der Waals surface area contributed by atoms with E-state index in [4.69, 9.17) is 5.11 Å². The van der Waals surface area contributed by atoms with Gasteiger partial charge in [0, 0.05) is 12.6 Å². The molecule has 0 aromatic carbocycles. The molecule has 0 aromatic rings. The Labute approximate surface area is 131 Å². The molecule has 0 fully saturated rings. The molecule has 2 N–H and O–H groups in total. The van der Waals surface area contributed by atoms with Crippen molar-refractivity contribution in [3.05, 3.63) is 36.6 Å². The minimum absolute atomic E-state index is 0.202. The van der Waals surface area contributed by atoms with Crippen LogP contribution in [0.3, 0.4) is 0 Å². The van der Waals surface area contributed by atoms with Crippen molar-refractivity contribution < 1.29 is 19.5 Å². The zero-order valence-electron chi connectivity index (χ0n) is 13.5. The van der Waals surface area contributed by atoms with Crippen LogP contribution in [0.15, 0.2) is 36.6 Å². The van der Waals surface area contributed by atoms with E-state index < -0.39 is 24.5 Å². The molecular formula is C16H24N2O4. The predicted octanol–water partition coefficient (Wildman–Crippen LogP) is 1.71. The number of carbonyl (C=O) groups excluding carboxylic acids is 2. The third-order valence-corrected chi connectivity index (χ3v) is 2.88. The molecule has 0 aromatic heterocycles. The molecule has 2 amide bonds. The number of nitrogens with one attached hydrogen (secondary N) is 1. The van der Waals surface area contributed by atoms with Crippen LogP contribution in [0, 0.1) is 5.92 Å². The third kappa shape index (κ3) is 5.95. The summed E-state index contributed by atoms with van der Waals surface area (Å²) in [6.45, 7) is 9.94. The molecule has 0 aliphatic heterocycles. The van der Waals surface area contributed by atoms with Crippen LogP contribution in [0.25, 0.3) is 0 Å². The first-order valence-corrected chi connectivity index (χ1v) is 7.00. The van der Waals surface area contributed by atoms with Crippen molar-refractivity contribution in [2.75, 3.05) is 6.54 Å². The van der Waals surface area contributed by atoms with Crippen molar-refractivity contribution in [2.45, 2.75) is 33.7 Å². The molecule has 0 radical (unpaired) electrons. The van der Waals surface area contributed by atoms with Crippen molar-refractivity contribution in [3.8, 4) is 0 Å². The summed E-state index contributed by atoms with van der Waals surface area (Å²) in [5.41, 5.74) is 0.481. The molecule has 122 valence electrons. The second-order valence-corrected chi connectivity index (χ2v) is 5.01. The Morgan fingerprint density at radius 2 is 1.91 bits per heavy atom. The number of amides is 2. The lowest BCUT2D eigenvalue weighted by Gasteiger charge is -2.33. The van der Waals surface area contributed by atoms with Gasteiger partial charge in [-0.25, -0.2) is 0 Å². The van der Waals surface area contributed by atoms with Gasteiger partial charge in [-0.05, 0) is 25.0 Å². The Morgan fingerprint density at radius 1 is 1.32 bits per heavy atom. The first-order chi connectivity index (χ1) is 10.3. The van der Waals surface area contributed by atoms with Crippen molar-refractivity contribution in [1.29, 1.82) is 0 Å². The monoisotopic (exact) mass is 308 g/mol. The second kappa shape index (κ2) is 9.55. The van der Waals surface area contributed by atoms with E-state index in [1.807, 2.05) is 6.92 Å². The number of nitrogens with zero attached hydrogens (tertiary/aromatic N) is 1. The summed E-state index contributed by atoms with van der Waals surface area (Å²) in [6, 6.07) is -0.814. The molecule has 6 nitrogen and oxygen atoms in total. The number of carboxylic acids is 1. The molecule has 0 saturated carbocycles. The minimum Gasteiger partial charge on any atom is -0.480 e. The predicted molar refractivity (Wildman–Crippen MR) is 84.9 cm³/mol. The molecule has 0 spiro atoms. The molecule has 0 rings (SSSR count). The van der Waals surface area contributed by atoms with Crippen LogP contribution in [0.5, 0.6) is 0 Å². The first-order valence-electron chi connectivity index (χ1n) is 7.00. The van der Waals surface area contributed by atoms with Gasteiger partial charge < -0.3 is 10.4 Å². The van der Waals surface area contributed by atoms with Crippen LogP contribution in [-0.2, 0) is 14.4 Å². The molecule has 22 heavy (non-hydrogen) atoms. The topological polar surface area (TPSA) is 86.7 Å². The Morgan fingerprint density at radius 3 is 2.27 bits per heavy atom. The van der Waals surface area contributed by atoms with E-state index in [1.54, 1.807) is 32.1 Å². The Hall–Kier alpha value is -2.37. The van der Waals surface area contributed by atoms with Gasteiger partial charge in [-0.15, -0.1) is 0 Å². The molecule has 0 aliphatic carbocycles. The zero-order valence-corrected chi connectivity index (χ0v) is 13.5. The number of aliphatic carboxylic acids is 1. The highest BCUT2D eigenvalue weighted by Gasteiger charge is 2.32. The maximum atomic E-state index is 12.3. The second-order valence-electron chi connectivity index (χ2n) is 5.01. The lowest BCUT2D eigenvalue weighted by Crippen LogP contribution is -2.51. The van der Waals surface area contributed by atoms with Gasteiger partial charge in [-0.2, -0.15) is 0 Å². The highest BCUT2D eigenvalue weighted by atomic mass is 16.4. The van der Waals surface area contributed by atoms with E-state index in [0.29, 0.717) is 5.70 Å². The van der Waals surface area contributed by atoms with Crippen molar-refractivity contribution in [3.63, 3.8) is 0 Å². The Kier molecular flexibility index (Phi) is 8.52. The van der Waals surface area contributed by atoms with Crippen LogP contribution in [0.4, 0.5) is 0 Å². The van der Waals surface area contributed by atoms with Crippen LogP contribution in [-0.4, -0.2) is 40.4 Å². The molecule has 1 unspecified atom stereocenters. The summed E-state index contributed by atoms with van der Waals surface area (Å²) in [5.74, 6) is -2.18. The smallest absolute Gasteiger partial charge is 0.322 e. The summed E-state index contributed by atoms with van der Waals surface area (Å²) in [7, 11) is 0. The number of carboxylic acid groups (broad SMARTS) is 1. The van der Waals surface area contributed by atoms with E-state index >= 15 is 0 Å².